The van der Waals surface area contributed by atoms with E-state index in [-0.39, 0.29) is 11.7 Å². The second-order valence-electron chi connectivity index (χ2n) is 4.78. The summed E-state index contributed by atoms with van der Waals surface area (Å²) >= 11 is 0. The van der Waals surface area contributed by atoms with Crippen LogP contribution in [0.4, 0.5) is 6.01 Å². The zero-order chi connectivity index (χ0) is 13.9. The van der Waals surface area contributed by atoms with Crippen molar-refractivity contribution >= 4 is 12.0 Å². The third-order valence-electron chi connectivity index (χ3n) is 3.37. The molecule has 20 heavy (non-hydrogen) atoms. The number of nitrogens with zero attached hydrogens (tertiary/aromatic N) is 1. The van der Waals surface area contributed by atoms with Gasteiger partial charge in [0.15, 0.2) is 5.69 Å². The van der Waals surface area contributed by atoms with Crippen LogP contribution in [0.25, 0.3) is 0 Å². The molecule has 3 rings (SSSR count). The van der Waals surface area contributed by atoms with Crippen LogP contribution >= 0.6 is 0 Å². The first-order valence-corrected chi connectivity index (χ1v) is 6.72. The van der Waals surface area contributed by atoms with Crippen LogP contribution in [0.15, 0.2) is 34.9 Å². The first kappa shape index (κ1) is 12.7. The van der Waals surface area contributed by atoms with E-state index in [0.29, 0.717) is 12.6 Å². The number of benzene rings is 1. The summed E-state index contributed by atoms with van der Waals surface area (Å²) in [5, 5.41) is 3.22. The van der Waals surface area contributed by atoms with Crippen molar-refractivity contribution < 1.29 is 13.9 Å². The maximum absolute atomic E-state index is 11.5. The van der Waals surface area contributed by atoms with Gasteiger partial charge in [-0.1, -0.05) is 24.3 Å². The third-order valence-corrected chi connectivity index (χ3v) is 3.37. The van der Waals surface area contributed by atoms with Gasteiger partial charge in [-0.3, -0.25) is 0 Å². The molecule has 1 aromatic carbocycles. The molecular formula is C15H16N2O3. The van der Waals surface area contributed by atoms with Gasteiger partial charge < -0.3 is 14.5 Å². The Balaban J connectivity index is 1.64. The molecule has 1 aliphatic rings. The fourth-order valence-electron chi connectivity index (χ4n) is 2.47. The molecule has 0 saturated carbocycles. The zero-order valence-corrected chi connectivity index (χ0v) is 11.3. The second-order valence-corrected chi connectivity index (χ2v) is 4.78. The molecule has 1 heterocycles. The highest BCUT2D eigenvalue weighted by molar-refractivity contribution is 5.87. The molecule has 1 N–H and O–H groups in total. The molecule has 5 heteroatoms. The van der Waals surface area contributed by atoms with Crippen molar-refractivity contribution in [2.45, 2.75) is 25.8 Å². The SMILES string of the molecule is CCOC(=O)c1coc(NC2Cc3ccccc3C2)n1. The molecule has 0 bridgehead atoms. The van der Waals surface area contributed by atoms with E-state index < -0.39 is 5.97 Å². The highest BCUT2D eigenvalue weighted by Crippen LogP contribution is 2.24. The Morgan fingerprint density at radius 3 is 2.75 bits per heavy atom. The number of ether oxygens (including phenoxy) is 1. The maximum atomic E-state index is 11.5. The largest absolute Gasteiger partial charge is 0.461 e. The van der Waals surface area contributed by atoms with Crippen molar-refractivity contribution in [3.05, 3.63) is 47.3 Å². The Labute approximate surface area is 117 Å². The predicted octanol–water partition coefficient (Wildman–Crippen LogP) is 2.43. The Morgan fingerprint density at radius 1 is 1.40 bits per heavy atom. The molecule has 1 aliphatic carbocycles. The molecule has 0 saturated heterocycles. The number of oxazole rings is 1. The summed E-state index contributed by atoms with van der Waals surface area (Å²) in [4.78, 5) is 15.6. The molecule has 0 atom stereocenters. The van der Waals surface area contributed by atoms with Crippen LogP contribution in [-0.4, -0.2) is 23.6 Å². The third kappa shape index (κ3) is 2.52. The fraction of sp³-hybridized carbons (Fsp3) is 0.333. The van der Waals surface area contributed by atoms with Crippen molar-refractivity contribution in [3.8, 4) is 0 Å². The van der Waals surface area contributed by atoms with Crippen molar-refractivity contribution in [1.82, 2.24) is 4.98 Å². The lowest BCUT2D eigenvalue weighted by molar-refractivity contribution is 0.0519. The van der Waals surface area contributed by atoms with Gasteiger partial charge in [0.1, 0.15) is 6.26 Å². The van der Waals surface area contributed by atoms with Crippen molar-refractivity contribution in [3.63, 3.8) is 0 Å². The quantitative estimate of drug-likeness (QED) is 0.866. The summed E-state index contributed by atoms with van der Waals surface area (Å²) in [6.07, 6.45) is 3.20. The Hall–Kier alpha value is -2.30. The Kier molecular flexibility index (Phi) is 3.41. The average Bonchev–Trinajstić information content (AvgIpc) is 3.05. The number of hydrogen-bond donors (Lipinski definition) is 1. The van der Waals surface area contributed by atoms with E-state index in [0.717, 1.165) is 12.8 Å². The van der Waals surface area contributed by atoms with E-state index >= 15 is 0 Å². The van der Waals surface area contributed by atoms with Crippen molar-refractivity contribution in [1.29, 1.82) is 0 Å². The van der Waals surface area contributed by atoms with Crippen LogP contribution in [0.2, 0.25) is 0 Å². The molecule has 0 spiro atoms. The first-order chi connectivity index (χ1) is 9.76. The topological polar surface area (TPSA) is 64.4 Å². The number of hydrogen-bond acceptors (Lipinski definition) is 5. The van der Waals surface area contributed by atoms with Crippen molar-refractivity contribution in [2.24, 2.45) is 0 Å². The minimum Gasteiger partial charge on any atom is -0.461 e. The summed E-state index contributed by atoms with van der Waals surface area (Å²) < 4.78 is 10.1. The number of esters is 1. The molecule has 0 unspecified atom stereocenters. The summed E-state index contributed by atoms with van der Waals surface area (Å²) in [6, 6.07) is 8.98. The lowest BCUT2D eigenvalue weighted by Crippen LogP contribution is -2.19. The highest BCUT2D eigenvalue weighted by Gasteiger charge is 2.22. The number of fused-ring (bicyclic) bond motifs is 1. The summed E-state index contributed by atoms with van der Waals surface area (Å²) in [6.45, 7) is 2.08. The smallest absolute Gasteiger partial charge is 0.360 e. The fourth-order valence-corrected chi connectivity index (χ4v) is 2.47. The summed E-state index contributed by atoms with van der Waals surface area (Å²) in [5.41, 5.74) is 2.90. The van der Waals surface area contributed by atoms with Gasteiger partial charge in [-0.25, -0.2) is 4.79 Å². The molecule has 0 fully saturated rings. The van der Waals surface area contributed by atoms with Crippen molar-refractivity contribution in [2.75, 3.05) is 11.9 Å². The zero-order valence-electron chi connectivity index (χ0n) is 11.3. The summed E-state index contributed by atoms with van der Waals surface area (Å²) in [7, 11) is 0. The van der Waals surface area contributed by atoms with E-state index in [1.165, 1.54) is 17.4 Å². The predicted molar refractivity (Wildman–Crippen MR) is 73.7 cm³/mol. The monoisotopic (exact) mass is 272 g/mol. The molecule has 5 nitrogen and oxygen atoms in total. The van der Waals surface area contributed by atoms with E-state index in [2.05, 4.69) is 22.4 Å². The van der Waals surface area contributed by atoms with E-state index in [1.807, 2.05) is 12.1 Å². The van der Waals surface area contributed by atoms with Crippen LogP contribution in [0.3, 0.4) is 0 Å². The van der Waals surface area contributed by atoms with Gasteiger partial charge in [-0.05, 0) is 30.9 Å². The number of rotatable bonds is 4. The maximum Gasteiger partial charge on any atom is 0.360 e. The van der Waals surface area contributed by atoms with E-state index in [1.54, 1.807) is 6.92 Å². The Bertz CT molecular complexity index is 596. The lowest BCUT2D eigenvalue weighted by Gasteiger charge is -2.08. The second kappa shape index (κ2) is 5.36. The van der Waals surface area contributed by atoms with Gasteiger partial charge in [0.05, 0.1) is 6.61 Å². The molecule has 0 radical (unpaired) electrons. The van der Waals surface area contributed by atoms with Crippen LogP contribution in [-0.2, 0) is 17.6 Å². The number of anilines is 1. The molecule has 0 aliphatic heterocycles. The highest BCUT2D eigenvalue weighted by atomic mass is 16.5. The molecule has 0 amide bonds. The summed E-state index contributed by atoms with van der Waals surface area (Å²) in [5.74, 6) is -0.459. The Morgan fingerprint density at radius 2 is 2.10 bits per heavy atom. The van der Waals surface area contributed by atoms with E-state index in [9.17, 15) is 4.79 Å². The van der Waals surface area contributed by atoms with Gasteiger partial charge in [-0.15, -0.1) is 0 Å². The number of carbonyl (C=O) groups excluding carboxylic acids is 1. The normalized spacial score (nSPS) is 14.1. The average molecular weight is 272 g/mol. The van der Waals surface area contributed by atoms with Gasteiger partial charge in [0.2, 0.25) is 0 Å². The van der Waals surface area contributed by atoms with Gasteiger partial charge in [-0.2, -0.15) is 4.98 Å². The van der Waals surface area contributed by atoms with Crippen LogP contribution in [0.5, 0.6) is 0 Å². The van der Waals surface area contributed by atoms with Crippen LogP contribution < -0.4 is 5.32 Å². The van der Waals surface area contributed by atoms with E-state index in [4.69, 9.17) is 9.15 Å². The van der Waals surface area contributed by atoms with Crippen LogP contribution in [0.1, 0.15) is 28.5 Å². The minimum absolute atomic E-state index is 0.199. The lowest BCUT2D eigenvalue weighted by atomic mass is 10.1. The van der Waals surface area contributed by atoms with Crippen LogP contribution in [0, 0.1) is 0 Å². The minimum atomic E-state index is -0.459. The number of nitrogens with one attached hydrogen (secondary N) is 1. The molecule has 104 valence electrons. The molecule has 1 aromatic heterocycles. The van der Waals surface area contributed by atoms with Gasteiger partial charge >= 0.3 is 5.97 Å². The van der Waals surface area contributed by atoms with Gasteiger partial charge in [0.25, 0.3) is 6.01 Å². The number of carbonyl (C=O) groups is 1. The van der Waals surface area contributed by atoms with Gasteiger partial charge in [0, 0.05) is 6.04 Å². The molecular weight excluding hydrogens is 256 g/mol. The first-order valence-electron chi connectivity index (χ1n) is 6.72. The standard InChI is InChI=1S/C15H16N2O3/c1-2-19-14(18)13-9-20-15(17-13)16-12-7-10-5-3-4-6-11(10)8-12/h3-6,9,12H,2,7-8H2,1H3,(H,16,17). The number of aromatic nitrogens is 1. The molecule has 2 aromatic rings.